The third kappa shape index (κ3) is 4.59. The molecule has 0 bridgehead atoms. The van der Waals surface area contributed by atoms with Crippen molar-refractivity contribution in [3.63, 3.8) is 0 Å². The first kappa shape index (κ1) is 24.0. The van der Waals surface area contributed by atoms with Crippen LogP contribution < -0.4 is 14.3 Å². The quantitative estimate of drug-likeness (QED) is 0.442. The maximum Gasteiger partial charge on any atom is 0.279 e. The largest absolute Gasteiger partial charge is 0.454 e. The molecule has 0 unspecified atom stereocenters. The number of amides is 1. The SMILES string of the molecule is C#CCn1c(=NC(=O)c2ccc(S(=O)(=O)N(CC)CCCC)cc2)sc2cc3c(cc21)OCO3. The summed E-state index contributed by atoms with van der Waals surface area (Å²) >= 11 is 1.32. The maximum absolute atomic E-state index is 12.9. The molecule has 1 aliphatic heterocycles. The molecule has 2 heterocycles. The van der Waals surface area contributed by atoms with Crippen LogP contribution in [0, 0.1) is 12.3 Å². The molecule has 0 N–H and O–H groups in total. The summed E-state index contributed by atoms with van der Waals surface area (Å²) < 4.78 is 40.8. The molecule has 10 heteroatoms. The Balaban J connectivity index is 1.66. The lowest BCUT2D eigenvalue weighted by molar-refractivity contribution is 0.0997. The van der Waals surface area contributed by atoms with Gasteiger partial charge in [-0.3, -0.25) is 4.79 Å². The third-order valence-corrected chi connectivity index (χ3v) is 8.51. The summed E-state index contributed by atoms with van der Waals surface area (Å²) in [6, 6.07) is 9.55. The number of ether oxygens (including phenoxy) is 2. The zero-order valence-electron chi connectivity index (χ0n) is 19.0. The Hall–Kier alpha value is -3.13. The van der Waals surface area contributed by atoms with Crippen LogP contribution in [-0.4, -0.2) is 43.1 Å². The second-order valence-electron chi connectivity index (χ2n) is 7.64. The summed E-state index contributed by atoms with van der Waals surface area (Å²) in [6.45, 7) is 5.08. The molecule has 2 aromatic carbocycles. The van der Waals surface area contributed by atoms with Gasteiger partial charge in [-0.2, -0.15) is 9.30 Å². The Morgan fingerprint density at radius 3 is 2.56 bits per heavy atom. The fraction of sp³-hybridized carbons (Fsp3) is 0.333. The van der Waals surface area contributed by atoms with Crippen molar-refractivity contribution in [3.8, 4) is 23.8 Å². The average molecular weight is 500 g/mol. The van der Waals surface area contributed by atoms with E-state index in [1.165, 1.54) is 39.9 Å². The van der Waals surface area contributed by atoms with E-state index < -0.39 is 15.9 Å². The van der Waals surface area contributed by atoms with Crippen molar-refractivity contribution >= 4 is 37.5 Å². The summed E-state index contributed by atoms with van der Waals surface area (Å²) in [6.07, 6.45) is 7.24. The number of nitrogens with zero attached hydrogens (tertiary/aromatic N) is 3. The summed E-state index contributed by atoms with van der Waals surface area (Å²) in [7, 11) is -3.62. The predicted molar refractivity (Wildman–Crippen MR) is 130 cm³/mol. The minimum atomic E-state index is -3.62. The molecule has 3 aromatic rings. The fourth-order valence-corrected chi connectivity index (χ4v) is 6.17. The van der Waals surface area contributed by atoms with Crippen molar-refractivity contribution in [2.45, 2.75) is 38.1 Å². The molecule has 0 saturated heterocycles. The van der Waals surface area contributed by atoms with Gasteiger partial charge in [0.1, 0.15) is 0 Å². The highest BCUT2D eigenvalue weighted by Crippen LogP contribution is 2.37. The number of thiazole rings is 1. The van der Waals surface area contributed by atoms with Gasteiger partial charge in [-0.1, -0.05) is 37.5 Å². The van der Waals surface area contributed by atoms with Crippen LogP contribution in [-0.2, 0) is 16.6 Å². The fourth-order valence-electron chi connectivity index (χ4n) is 3.64. The molecular weight excluding hydrogens is 474 g/mol. The van der Waals surface area contributed by atoms with Crippen molar-refractivity contribution < 1.29 is 22.7 Å². The zero-order chi connectivity index (χ0) is 24.3. The molecule has 0 aliphatic carbocycles. The summed E-state index contributed by atoms with van der Waals surface area (Å²) in [5.74, 6) is 3.36. The van der Waals surface area contributed by atoms with E-state index in [0.717, 1.165) is 23.1 Å². The second kappa shape index (κ2) is 10.0. The summed E-state index contributed by atoms with van der Waals surface area (Å²) in [5, 5.41) is 0. The van der Waals surface area contributed by atoms with Crippen LogP contribution in [0.5, 0.6) is 11.5 Å². The van der Waals surface area contributed by atoms with Gasteiger partial charge in [0.2, 0.25) is 16.8 Å². The average Bonchev–Trinajstić information content (AvgIpc) is 3.42. The van der Waals surface area contributed by atoms with Crippen molar-refractivity contribution in [1.29, 1.82) is 0 Å². The number of hydrogen-bond donors (Lipinski definition) is 0. The third-order valence-electron chi connectivity index (χ3n) is 5.48. The molecule has 1 amide bonds. The smallest absolute Gasteiger partial charge is 0.279 e. The van der Waals surface area contributed by atoms with Gasteiger partial charge >= 0.3 is 0 Å². The zero-order valence-corrected chi connectivity index (χ0v) is 20.6. The number of carbonyl (C=O) groups excluding carboxylic acids is 1. The van der Waals surface area contributed by atoms with Crippen LogP contribution >= 0.6 is 11.3 Å². The Labute approximate surface area is 202 Å². The van der Waals surface area contributed by atoms with Crippen molar-refractivity contribution in [2.24, 2.45) is 4.99 Å². The first-order valence-electron chi connectivity index (χ1n) is 10.9. The topological polar surface area (TPSA) is 90.2 Å². The molecule has 178 valence electrons. The van der Waals surface area contributed by atoms with Gasteiger partial charge in [-0.05, 0) is 30.7 Å². The number of terminal acetylenes is 1. The van der Waals surface area contributed by atoms with Crippen molar-refractivity contribution in [3.05, 3.63) is 46.8 Å². The predicted octanol–water partition coefficient (Wildman–Crippen LogP) is 3.62. The first-order chi connectivity index (χ1) is 16.4. The van der Waals surface area contributed by atoms with Gasteiger partial charge in [0, 0.05) is 30.8 Å². The molecule has 4 rings (SSSR count). The Bertz CT molecular complexity index is 1430. The standard InChI is InChI=1S/C24H25N3O5S2/c1-4-7-13-26(6-3)34(29,30)18-10-8-17(9-11-18)23(28)25-24-27(12-5-2)19-14-20-21(32-16-31-20)15-22(19)33-24/h2,8-11,14-15H,4,6-7,12-13,16H2,1,3H3. The van der Waals surface area contributed by atoms with Crippen LogP contribution in [0.4, 0.5) is 0 Å². The normalized spacial score (nSPS) is 13.5. The van der Waals surface area contributed by atoms with Crippen LogP contribution in [0.1, 0.15) is 37.0 Å². The van der Waals surface area contributed by atoms with E-state index in [1.54, 1.807) is 4.57 Å². The van der Waals surface area contributed by atoms with Gasteiger partial charge in [0.15, 0.2) is 16.3 Å². The van der Waals surface area contributed by atoms with Crippen LogP contribution in [0.2, 0.25) is 0 Å². The number of sulfonamides is 1. The van der Waals surface area contributed by atoms with E-state index in [1.807, 2.05) is 26.0 Å². The minimum absolute atomic E-state index is 0.153. The van der Waals surface area contributed by atoms with E-state index in [0.29, 0.717) is 29.4 Å². The molecular formula is C24H25N3O5S2. The highest BCUT2D eigenvalue weighted by atomic mass is 32.2. The monoisotopic (exact) mass is 499 g/mol. The number of benzene rings is 2. The number of aromatic nitrogens is 1. The molecule has 8 nitrogen and oxygen atoms in total. The molecule has 0 atom stereocenters. The lowest BCUT2D eigenvalue weighted by atomic mass is 10.2. The molecule has 0 fully saturated rings. The van der Waals surface area contributed by atoms with Crippen LogP contribution in [0.25, 0.3) is 10.2 Å². The Morgan fingerprint density at radius 1 is 1.21 bits per heavy atom. The second-order valence-corrected chi connectivity index (χ2v) is 10.6. The Kier molecular flexibility index (Phi) is 7.07. The molecule has 1 aliphatic rings. The van der Waals surface area contributed by atoms with Crippen LogP contribution in [0.3, 0.4) is 0 Å². The number of fused-ring (bicyclic) bond motifs is 2. The van der Waals surface area contributed by atoms with Gasteiger partial charge in [0.25, 0.3) is 5.91 Å². The number of rotatable bonds is 8. The molecule has 1 aromatic heterocycles. The highest BCUT2D eigenvalue weighted by molar-refractivity contribution is 7.89. The lowest BCUT2D eigenvalue weighted by Crippen LogP contribution is -2.31. The van der Waals surface area contributed by atoms with E-state index in [4.69, 9.17) is 15.9 Å². The molecule has 0 saturated carbocycles. The van der Waals surface area contributed by atoms with Gasteiger partial charge in [-0.15, -0.1) is 6.42 Å². The van der Waals surface area contributed by atoms with E-state index in [9.17, 15) is 13.2 Å². The summed E-state index contributed by atoms with van der Waals surface area (Å²) in [5.41, 5.74) is 1.08. The van der Waals surface area contributed by atoms with Crippen molar-refractivity contribution in [1.82, 2.24) is 8.87 Å². The van der Waals surface area contributed by atoms with E-state index in [2.05, 4.69) is 10.9 Å². The molecule has 0 radical (unpaired) electrons. The number of carbonyl (C=O) groups is 1. The van der Waals surface area contributed by atoms with Crippen molar-refractivity contribution in [2.75, 3.05) is 19.9 Å². The van der Waals surface area contributed by atoms with E-state index in [-0.39, 0.29) is 23.8 Å². The number of hydrogen-bond acceptors (Lipinski definition) is 6. The molecule has 0 spiro atoms. The van der Waals surface area contributed by atoms with Gasteiger partial charge in [-0.25, -0.2) is 8.42 Å². The minimum Gasteiger partial charge on any atom is -0.454 e. The van der Waals surface area contributed by atoms with Gasteiger partial charge < -0.3 is 14.0 Å². The highest BCUT2D eigenvalue weighted by Gasteiger charge is 2.23. The first-order valence-corrected chi connectivity index (χ1v) is 13.2. The van der Waals surface area contributed by atoms with Gasteiger partial charge in [0.05, 0.1) is 21.7 Å². The molecule has 34 heavy (non-hydrogen) atoms. The number of unbranched alkanes of at least 4 members (excludes halogenated alkanes) is 1. The lowest BCUT2D eigenvalue weighted by Gasteiger charge is -2.20. The maximum atomic E-state index is 12.9. The Morgan fingerprint density at radius 2 is 1.91 bits per heavy atom. The summed E-state index contributed by atoms with van der Waals surface area (Å²) in [4.78, 5) is 17.8. The van der Waals surface area contributed by atoms with Crippen LogP contribution in [0.15, 0.2) is 46.3 Å². The van der Waals surface area contributed by atoms with E-state index >= 15 is 0 Å².